The van der Waals surface area contributed by atoms with Gasteiger partial charge < -0.3 is 14.4 Å². The van der Waals surface area contributed by atoms with E-state index in [4.69, 9.17) is 4.98 Å². The van der Waals surface area contributed by atoms with E-state index < -0.39 is 0 Å². The number of likely N-dealkylation sites (N-methyl/N-ethyl adjacent to an activating group) is 1. The zero-order valence-corrected chi connectivity index (χ0v) is 20.2. The number of hydrogen-bond acceptors (Lipinski definition) is 3. The molecule has 1 saturated heterocycles. The minimum absolute atomic E-state index is 0.000521. The Labute approximate surface area is 205 Å². The first kappa shape index (κ1) is 22.8. The standard InChI is InChI=1S/C29H30N4O2/c1-3-21-14-16-24(17-15-21)32-19-22(18-27(32)34)29-30-25-12-8-9-13-26(25)33(29)20-28(35)31(4-2)23-10-6-5-7-11-23/h5-17,22H,3-4,18-20H2,1-2H3. The van der Waals surface area contributed by atoms with Crippen LogP contribution in [0, 0.1) is 0 Å². The third-order valence-corrected chi connectivity index (χ3v) is 6.81. The van der Waals surface area contributed by atoms with Crippen LogP contribution in [0.2, 0.25) is 0 Å². The first-order chi connectivity index (χ1) is 17.1. The third-order valence-electron chi connectivity index (χ3n) is 6.81. The maximum Gasteiger partial charge on any atom is 0.246 e. The van der Waals surface area contributed by atoms with Crippen molar-refractivity contribution < 1.29 is 9.59 Å². The number of carbonyl (C=O) groups is 2. The molecule has 6 heteroatoms. The largest absolute Gasteiger partial charge is 0.318 e. The number of nitrogens with zero attached hydrogens (tertiary/aromatic N) is 4. The number of benzene rings is 3. The van der Waals surface area contributed by atoms with E-state index in [9.17, 15) is 9.59 Å². The molecule has 0 aliphatic carbocycles. The number of carbonyl (C=O) groups excluding carboxylic acids is 2. The molecule has 2 heterocycles. The van der Waals surface area contributed by atoms with Crippen molar-refractivity contribution in [3.63, 3.8) is 0 Å². The Morgan fingerprint density at radius 2 is 1.69 bits per heavy atom. The molecule has 1 aromatic heterocycles. The summed E-state index contributed by atoms with van der Waals surface area (Å²) < 4.78 is 2.00. The monoisotopic (exact) mass is 466 g/mol. The van der Waals surface area contributed by atoms with Crippen molar-refractivity contribution >= 4 is 34.2 Å². The van der Waals surface area contributed by atoms with Crippen molar-refractivity contribution in [3.8, 4) is 0 Å². The molecule has 0 N–H and O–H groups in total. The van der Waals surface area contributed by atoms with E-state index in [0.29, 0.717) is 19.5 Å². The van der Waals surface area contributed by atoms with Gasteiger partial charge in [-0.1, -0.05) is 49.4 Å². The van der Waals surface area contributed by atoms with Gasteiger partial charge in [-0.3, -0.25) is 9.59 Å². The summed E-state index contributed by atoms with van der Waals surface area (Å²) in [6.07, 6.45) is 1.34. The second-order valence-corrected chi connectivity index (χ2v) is 8.94. The Balaban J connectivity index is 1.46. The van der Waals surface area contributed by atoms with Gasteiger partial charge >= 0.3 is 0 Å². The van der Waals surface area contributed by atoms with E-state index in [0.717, 1.165) is 34.7 Å². The Hall–Kier alpha value is -3.93. The SMILES string of the molecule is CCc1ccc(N2CC(c3nc4ccccc4n3CC(=O)N(CC)c3ccccc3)CC2=O)cc1. The number of amides is 2. The topological polar surface area (TPSA) is 58.4 Å². The Morgan fingerprint density at radius 3 is 2.40 bits per heavy atom. The molecule has 6 nitrogen and oxygen atoms in total. The minimum atomic E-state index is -0.0830. The van der Waals surface area contributed by atoms with E-state index in [1.807, 2.05) is 83.1 Å². The zero-order chi connectivity index (χ0) is 24.4. The van der Waals surface area contributed by atoms with Gasteiger partial charge in [0.1, 0.15) is 12.4 Å². The lowest BCUT2D eigenvalue weighted by Crippen LogP contribution is -2.34. The Morgan fingerprint density at radius 1 is 0.971 bits per heavy atom. The average Bonchev–Trinajstić information content (AvgIpc) is 3.45. The van der Waals surface area contributed by atoms with Crippen molar-refractivity contribution in [1.29, 1.82) is 0 Å². The number of aryl methyl sites for hydroxylation is 1. The van der Waals surface area contributed by atoms with E-state index in [-0.39, 0.29) is 24.3 Å². The number of rotatable bonds is 7. The molecule has 1 atom stereocenters. The summed E-state index contributed by atoms with van der Waals surface area (Å²) >= 11 is 0. The number of anilines is 2. The fraction of sp³-hybridized carbons (Fsp3) is 0.276. The van der Waals surface area contributed by atoms with Gasteiger partial charge in [-0.15, -0.1) is 0 Å². The number of fused-ring (bicyclic) bond motifs is 1. The highest BCUT2D eigenvalue weighted by molar-refractivity contribution is 5.97. The summed E-state index contributed by atoms with van der Waals surface area (Å²) in [5, 5.41) is 0. The van der Waals surface area contributed by atoms with Crippen LogP contribution in [0.1, 0.15) is 37.6 Å². The summed E-state index contributed by atoms with van der Waals surface area (Å²) in [6, 6.07) is 25.8. The first-order valence-electron chi connectivity index (χ1n) is 12.3. The number of hydrogen-bond donors (Lipinski definition) is 0. The van der Waals surface area contributed by atoms with Gasteiger partial charge in [0, 0.05) is 36.8 Å². The third kappa shape index (κ3) is 4.44. The highest BCUT2D eigenvalue weighted by Gasteiger charge is 2.35. The van der Waals surface area contributed by atoms with Crippen molar-refractivity contribution in [1.82, 2.24) is 9.55 Å². The molecule has 3 aromatic carbocycles. The molecule has 4 aromatic rings. The molecule has 1 fully saturated rings. The molecule has 1 aliphatic heterocycles. The highest BCUT2D eigenvalue weighted by Crippen LogP contribution is 2.33. The lowest BCUT2D eigenvalue weighted by atomic mass is 10.1. The van der Waals surface area contributed by atoms with E-state index >= 15 is 0 Å². The van der Waals surface area contributed by atoms with Gasteiger partial charge in [0.05, 0.1) is 11.0 Å². The van der Waals surface area contributed by atoms with Gasteiger partial charge in [-0.2, -0.15) is 0 Å². The van der Waals surface area contributed by atoms with E-state index in [1.54, 1.807) is 4.90 Å². The summed E-state index contributed by atoms with van der Waals surface area (Å²) in [5.41, 5.74) is 4.80. The minimum Gasteiger partial charge on any atom is -0.318 e. The van der Waals surface area contributed by atoms with Crippen LogP contribution in [0.25, 0.3) is 11.0 Å². The molecule has 0 spiro atoms. The van der Waals surface area contributed by atoms with Crippen molar-refractivity contribution in [2.75, 3.05) is 22.9 Å². The molecule has 0 saturated carbocycles. The molecule has 178 valence electrons. The average molecular weight is 467 g/mol. The molecule has 5 rings (SSSR count). The maximum atomic E-state index is 13.5. The molecule has 0 radical (unpaired) electrons. The van der Waals surface area contributed by atoms with E-state index in [1.165, 1.54) is 5.56 Å². The highest BCUT2D eigenvalue weighted by atomic mass is 16.2. The van der Waals surface area contributed by atoms with Gasteiger partial charge in [0.2, 0.25) is 11.8 Å². The number of para-hydroxylation sites is 3. The van der Waals surface area contributed by atoms with Crippen molar-refractivity contribution in [3.05, 3.63) is 90.3 Å². The normalized spacial score (nSPS) is 15.7. The second-order valence-electron chi connectivity index (χ2n) is 8.94. The molecule has 1 aliphatic rings. The van der Waals surface area contributed by atoms with Crippen LogP contribution < -0.4 is 9.80 Å². The number of imidazole rings is 1. The predicted octanol–water partition coefficient (Wildman–Crippen LogP) is 5.17. The quantitative estimate of drug-likeness (QED) is 0.377. The molecule has 2 amide bonds. The predicted molar refractivity (Wildman–Crippen MR) is 140 cm³/mol. The fourth-order valence-electron chi connectivity index (χ4n) is 4.95. The molecular formula is C29H30N4O2. The van der Waals surface area contributed by atoms with Crippen molar-refractivity contribution in [2.24, 2.45) is 0 Å². The summed E-state index contributed by atoms with van der Waals surface area (Å²) in [6.45, 7) is 5.41. The first-order valence-corrected chi connectivity index (χ1v) is 12.3. The molecule has 1 unspecified atom stereocenters. The maximum absolute atomic E-state index is 13.5. The Kier molecular flexibility index (Phi) is 6.36. The molecular weight excluding hydrogens is 436 g/mol. The van der Waals surface area contributed by atoms with Crippen molar-refractivity contribution in [2.45, 2.75) is 39.2 Å². The second kappa shape index (κ2) is 9.74. The lowest BCUT2D eigenvalue weighted by Gasteiger charge is -2.23. The summed E-state index contributed by atoms with van der Waals surface area (Å²) in [5.74, 6) is 0.799. The van der Waals surface area contributed by atoms with Gasteiger partial charge in [-0.25, -0.2) is 4.98 Å². The Bertz CT molecular complexity index is 1340. The molecule has 0 bridgehead atoms. The van der Waals surface area contributed by atoms with Crippen LogP contribution in [-0.2, 0) is 22.6 Å². The van der Waals surface area contributed by atoms with Crippen LogP contribution in [-0.4, -0.2) is 34.5 Å². The van der Waals surface area contributed by atoms with Gasteiger partial charge in [0.25, 0.3) is 0 Å². The van der Waals surface area contributed by atoms with Crippen LogP contribution in [0.3, 0.4) is 0 Å². The summed E-state index contributed by atoms with van der Waals surface area (Å²) in [7, 11) is 0. The van der Waals surface area contributed by atoms with Crippen LogP contribution >= 0.6 is 0 Å². The van der Waals surface area contributed by atoms with Crippen LogP contribution in [0.4, 0.5) is 11.4 Å². The summed E-state index contributed by atoms with van der Waals surface area (Å²) in [4.78, 5) is 35.0. The zero-order valence-electron chi connectivity index (χ0n) is 20.2. The van der Waals surface area contributed by atoms with E-state index in [2.05, 4.69) is 19.1 Å². The van der Waals surface area contributed by atoms with Crippen LogP contribution in [0.15, 0.2) is 78.9 Å². The van der Waals surface area contributed by atoms with Gasteiger partial charge in [-0.05, 0) is 55.3 Å². The smallest absolute Gasteiger partial charge is 0.246 e. The molecule has 35 heavy (non-hydrogen) atoms. The fourth-order valence-corrected chi connectivity index (χ4v) is 4.95. The number of aromatic nitrogens is 2. The van der Waals surface area contributed by atoms with Gasteiger partial charge in [0.15, 0.2) is 0 Å². The lowest BCUT2D eigenvalue weighted by molar-refractivity contribution is -0.119. The van der Waals surface area contributed by atoms with Crippen LogP contribution in [0.5, 0.6) is 0 Å².